The SMILES string of the molecule is CC(NC(=O)c1csc(CN)n1)c1ccc(Cl)cc1Cl. The summed E-state index contributed by atoms with van der Waals surface area (Å²) in [4.78, 5) is 16.2. The second kappa shape index (κ2) is 6.54. The van der Waals surface area contributed by atoms with Crippen LogP contribution in [0.25, 0.3) is 0 Å². The van der Waals surface area contributed by atoms with Crippen molar-refractivity contribution in [1.82, 2.24) is 10.3 Å². The van der Waals surface area contributed by atoms with E-state index in [-0.39, 0.29) is 11.9 Å². The van der Waals surface area contributed by atoms with E-state index in [9.17, 15) is 4.79 Å². The van der Waals surface area contributed by atoms with E-state index < -0.39 is 0 Å². The average Bonchev–Trinajstić information content (AvgIpc) is 2.87. The Kier molecular flexibility index (Phi) is 4.99. The molecule has 0 aliphatic rings. The smallest absolute Gasteiger partial charge is 0.271 e. The predicted molar refractivity (Wildman–Crippen MR) is 82.3 cm³/mol. The Labute approximate surface area is 130 Å². The van der Waals surface area contributed by atoms with Crippen molar-refractivity contribution in [3.63, 3.8) is 0 Å². The minimum Gasteiger partial charge on any atom is -0.344 e. The Morgan fingerprint density at radius 3 is 2.85 bits per heavy atom. The van der Waals surface area contributed by atoms with Crippen LogP contribution in [-0.2, 0) is 6.54 Å². The second-order valence-corrected chi connectivity index (χ2v) is 5.98. The van der Waals surface area contributed by atoms with Crippen LogP contribution in [0.4, 0.5) is 0 Å². The third-order valence-electron chi connectivity index (χ3n) is 2.74. The number of nitrogens with two attached hydrogens (primary N) is 1. The van der Waals surface area contributed by atoms with E-state index in [4.69, 9.17) is 28.9 Å². The predicted octanol–water partition coefficient (Wildman–Crippen LogP) is 3.40. The fourth-order valence-electron chi connectivity index (χ4n) is 1.71. The molecule has 4 nitrogen and oxygen atoms in total. The number of thiazole rings is 1. The summed E-state index contributed by atoms with van der Waals surface area (Å²) in [5.41, 5.74) is 6.65. The van der Waals surface area contributed by atoms with Crippen molar-refractivity contribution in [1.29, 1.82) is 0 Å². The van der Waals surface area contributed by atoms with Gasteiger partial charge in [-0.05, 0) is 24.6 Å². The molecule has 2 rings (SSSR count). The number of hydrogen-bond acceptors (Lipinski definition) is 4. The van der Waals surface area contributed by atoms with Gasteiger partial charge in [-0.3, -0.25) is 4.79 Å². The normalized spacial score (nSPS) is 12.2. The average molecular weight is 330 g/mol. The number of nitrogens with zero attached hydrogens (tertiary/aromatic N) is 1. The quantitative estimate of drug-likeness (QED) is 0.903. The molecule has 0 aliphatic carbocycles. The van der Waals surface area contributed by atoms with E-state index >= 15 is 0 Å². The molecule has 0 saturated carbocycles. The molecule has 106 valence electrons. The van der Waals surface area contributed by atoms with E-state index in [2.05, 4.69) is 10.3 Å². The van der Waals surface area contributed by atoms with E-state index in [0.717, 1.165) is 10.6 Å². The molecule has 0 saturated heterocycles. The van der Waals surface area contributed by atoms with Gasteiger partial charge < -0.3 is 11.1 Å². The van der Waals surface area contributed by atoms with Crippen LogP contribution in [0.15, 0.2) is 23.6 Å². The molecule has 3 N–H and O–H groups in total. The summed E-state index contributed by atoms with van der Waals surface area (Å²) < 4.78 is 0. The number of benzene rings is 1. The lowest BCUT2D eigenvalue weighted by Crippen LogP contribution is -2.27. The highest BCUT2D eigenvalue weighted by Gasteiger charge is 2.16. The van der Waals surface area contributed by atoms with E-state index in [1.807, 2.05) is 6.92 Å². The molecule has 2 aromatic rings. The second-order valence-electron chi connectivity index (χ2n) is 4.19. The van der Waals surface area contributed by atoms with Gasteiger partial charge >= 0.3 is 0 Å². The Hall–Kier alpha value is -1.14. The summed E-state index contributed by atoms with van der Waals surface area (Å²) in [6.45, 7) is 2.18. The minimum absolute atomic E-state index is 0.240. The maximum atomic E-state index is 12.1. The number of amides is 1. The zero-order valence-corrected chi connectivity index (χ0v) is 13.0. The Bertz CT molecular complexity index is 630. The fraction of sp³-hybridized carbons (Fsp3) is 0.231. The molecule has 0 spiro atoms. The van der Waals surface area contributed by atoms with Crippen LogP contribution in [0.5, 0.6) is 0 Å². The van der Waals surface area contributed by atoms with E-state index in [1.165, 1.54) is 11.3 Å². The Morgan fingerprint density at radius 1 is 1.50 bits per heavy atom. The first-order valence-electron chi connectivity index (χ1n) is 5.91. The highest BCUT2D eigenvalue weighted by molar-refractivity contribution is 7.09. The van der Waals surface area contributed by atoms with Crippen LogP contribution >= 0.6 is 34.5 Å². The van der Waals surface area contributed by atoms with Crippen molar-refractivity contribution in [2.45, 2.75) is 19.5 Å². The van der Waals surface area contributed by atoms with Gasteiger partial charge in [0.2, 0.25) is 0 Å². The van der Waals surface area contributed by atoms with Gasteiger partial charge in [-0.15, -0.1) is 11.3 Å². The zero-order chi connectivity index (χ0) is 14.7. The number of hydrogen-bond donors (Lipinski definition) is 2. The first-order chi connectivity index (χ1) is 9.51. The van der Waals surface area contributed by atoms with Crippen LogP contribution in [0.3, 0.4) is 0 Å². The lowest BCUT2D eigenvalue weighted by Gasteiger charge is -2.15. The van der Waals surface area contributed by atoms with Crippen molar-refractivity contribution in [2.24, 2.45) is 5.73 Å². The lowest BCUT2D eigenvalue weighted by atomic mass is 10.1. The maximum absolute atomic E-state index is 12.1. The third kappa shape index (κ3) is 3.49. The van der Waals surface area contributed by atoms with Crippen LogP contribution in [0, 0.1) is 0 Å². The Balaban J connectivity index is 2.10. The Morgan fingerprint density at radius 2 is 2.25 bits per heavy atom. The molecular weight excluding hydrogens is 317 g/mol. The van der Waals surface area contributed by atoms with Gasteiger partial charge in [0.25, 0.3) is 5.91 Å². The maximum Gasteiger partial charge on any atom is 0.271 e. The molecule has 0 aliphatic heterocycles. The first-order valence-corrected chi connectivity index (χ1v) is 7.55. The van der Waals surface area contributed by atoms with Gasteiger partial charge in [0.05, 0.1) is 6.04 Å². The molecule has 0 fully saturated rings. The zero-order valence-electron chi connectivity index (χ0n) is 10.7. The molecular formula is C13H13Cl2N3OS. The molecule has 1 heterocycles. The number of carbonyl (C=O) groups is 1. The van der Waals surface area contributed by atoms with Crippen LogP contribution in [-0.4, -0.2) is 10.9 Å². The highest BCUT2D eigenvalue weighted by Crippen LogP contribution is 2.26. The van der Waals surface area contributed by atoms with Crippen molar-refractivity contribution in [3.05, 3.63) is 49.9 Å². The molecule has 1 amide bonds. The summed E-state index contributed by atoms with van der Waals surface area (Å²) in [5.74, 6) is -0.250. The van der Waals surface area contributed by atoms with Crippen molar-refractivity contribution in [2.75, 3.05) is 0 Å². The van der Waals surface area contributed by atoms with Gasteiger partial charge in [0.1, 0.15) is 10.7 Å². The topological polar surface area (TPSA) is 68.0 Å². The van der Waals surface area contributed by atoms with E-state index in [0.29, 0.717) is 22.3 Å². The van der Waals surface area contributed by atoms with Gasteiger partial charge in [-0.25, -0.2) is 4.98 Å². The van der Waals surface area contributed by atoms with E-state index in [1.54, 1.807) is 23.6 Å². The summed E-state index contributed by atoms with van der Waals surface area (Å²) in [6.07, 6.45) is 0. The number of aromatic nitrogens is 1. The first kappa shape index (κ1) is 15.3. The van der Waals surface area contributed by atoms with Gasteiger partial charge in [-0.2, -0.15) is 0 Å². The summed E-state index contributed by atoms with van der Waals surface area (Å²) >= 11 is 13.3. The van der Waals surface area contributed by atoms with Crippen LogP contribution in [0.1, 0.15) is 34.0 Å². The van der Waals surface area contributed by atoms with Crippen LogP contribution in [0.2, 0.25) is 10.0 Å². The molecule has 1 unspecified atom stereocenters. The lowest BCUT2D eigenvalue weighted by molar-refractivity contribution is 0.0935. The summed E-state index contributed by atoms with van der Waals surface area (Å²) in [6, 6.07) is 4.94. The number of carbonyl (C=O) groups excluding carboxylic acids is 1. The van der Waals surface area contributed by atoms with Gasteiger partial charge in [0.15, 0.2) is 0 Å². The molecule has 0 radical (unpaired) electrons. The molecule has 1 aromatic carbocycles. The minimum atomic E-state index is -0.250. The van der Waals surface area contributed by atoms with Crippen molar-refractivity contribution < 1.29 is 4.79 Å². The molecule has 7 heteroatoms. The highest BCUT2D eigenvalue weighted by atomic mass is 35.5. The summed E-state index contributed by atoms with van der Waals surface area (Å²) in [7, 11) is 0. The largest absolute Gasteiger partial charge is 0.344 e. The van der Waals surface area contributed by atoms with Gasteiger partial charge in [0, 0.05) is 22.0 Å². The van der Waals surface area contributed by atoms with Gasteiger partial charge in [-0.1, -0.05) is 29.3 Å². The third-order valence-corrected chi connectivity index (χ3v) is 4.17. The molecule has 0 bridgehead atoms. The fourth-order valence-corrected chi connectivity index (χ4v) is 2.94. The molecule has 20 heavy (non-hydrogen) atoms. The number of halogens is 2. The van der Waals surface area contributed by atoms with Crippen molar-refractivity contribution >= 4 is 40.4 Å². The monoisotopic (exact) mass is 329 g/mol. The summed E-state index contributed by atoms with van der Waals surface area (Å²) in [5, 5.41) is 6.34. The van der Waals surface area contributed by atoms with Crippen molar-refractivity contribution in [3.8, 4) is 0 Å². The molecule has 1 atom stereocenters. The standard InChI is InChI=1S/C13H13Cl2N3OS/c1-7(9-3-2-8(14)4-10(9)15)17-13(19)11-6-20-12(5-16)18-11/h2-4,6-7H,5,16H2,1H3,(H,17,19). The van der Waals surface area contributed by atoms with Crippen LogP contribution < -0.4 is 11.1 Å². The number of rotatable bonds is 4. The number of nitrogens with one attached hydrogen (secondary N) is 1. The molecule has 1 aromatic heterocycles.